The van der Waals surface area contributed by atoms with E-state index in [4.69, 9.17) is 0 Å². The fourth-order valence-corrected chi connectivity index (χ4v) is 0.962. The maximum Gasteiger partial charge on any atom is 0.405 e. The normalized spacial score (nSPS) is 11.3. The second-order valence-electron chi connectivity index (χ2n) is 2.94. The quantitative estimate of drug-likeness (QED) is 0.815. The number of alkyl halides is 3. The molecule has 1 heterocycles. The Kier molecular flexibility index (Phi) is 3.33. The van der Waals surface area contributed by atoms with Crippen LogP contribution < -0.4 is 10.6 Å². The van der Waals surface area contributed by atoms with Crippen molar-refractivity contribution < 1.29 is 13.2 Å². The van der Waals surface area contributed by atoms with Crippen LogP contribution >= 0.6 is 0 Å². The Morgan fingerprint density at radius 1 is 1.33 bits per heavy atom. The van der Waals surface area contributed by atoms with E-state index in [0.717, 1.165) is 0 Å². The summed E-state index contributed by atoms with van der Waals surface area (Å²) in [6, 6.07) is 1.45. The van der Waals surface area contributed by atoms with Crippen LogP contribution in [-0.4, -0.2) is 29.7 Å². The molecule has 0 amide bonds. The van der Waals surface area contributed by atoms with Crippen molar-refractivity contribution in [1.29, 1.82) is 0 Å². The Morgan fingerprint density at radius 2 is 2.00 bits per heavy atom. The maximum atomic E-state index is 11.9. The van der Waals surface area contributed by atoms with E-state index in [1.54, 1.807) is 14.0 Å². The fourth-order valence-electron chi connectivity index (χ4n) is 0.962. The fraction of sp³-hybridized carbons (Fsp3) is 0.500. The summed E-state index contributed by atoms with van der Waals surface area (Å²) in [7, 11) is 1.60. The first kappa shape index (κ1) is 11.5. The number of nitrogens with zero attached hydrogens (tertiary/aromatic N) is 2. The molecule has 0 fully saturated rings. The van der Waals surface area contributed by atoms with Gasteiger partial charge in [0.2, 0.25) is 5.95 Å². The molecule has 4 nitrogen and oxygen atoms in total. The Hall–Kier alpha value is -1.53. The third kappa shape index (κ3) is 4.01. The summed E-state index contributed by atoms with van der Waals surface area (Å²) in [4.78, 5) is 7.78. The molecule has 0 atom stereocenters. The molecule has 2 N–H and O–H groups in total. The van der Waals surface area contributed by atoms with Crippen LogP contribution in [0.25, 0.3) is 0 Å². The van der Waals surface area contributed by atoms with Crippen LogP contribution in [0, 0.1) is 6.92 Å². The minimum atomic E-state index is -4.25. The van der Waals surface area contributed by atoms with E-state index >= 15 is 0 Å². The van der Waals surface area contributed by atoms with Crippen LogP contribution in [0.4, 0.5) is 24.9 Å². The van der Waals surface area contributed by atoms with Gasteiger partial charge in [-0.05, 0) is 6.92 Å². The van der Waals surface area contributed by atoms with E-state index in [1.807, 2.05) is 0 Å². The minimum Gasteiger partial charge on any atom is -0.361 e. The Labute approximate surface area is 84.9 Å². The highest BCUT2D eigenvalue weighted by molar-refractivity contribution is 5.41. The van der Waals surface area contributed by atoms with E-state index < -0.39 is 12.7 Å². The Morgan fingerprint density at radius 3 is 2.53 bits per heavy atom. The number of hydrogen-bond acceptors (Lipinski definition) is 4. The van der Waals surface area contributed by atoms with Gasteiger partial charge in [0.05, 0.1) is 0 Å². The number of aryl methyl sites for hydroxylation is 1. The summed E-state index contributed by atoms with van der Waals surface area (Å²) in [5.41, 5.74) is 0.596. The van der Waals surface area contributed by atoms with Gasteiger partial charge in [0.15, 0.2) is 0 Å². The summed E-state index contributed by atoms with van der Waals surface area (Å²) >= 11 is 0. The molecule has 84 valence electrons. The zero-order valence-electron chi connectivity index (χ0n) is 8.31. The Balaban J connectivity index is 2.73. The van der Waals surface area contributed by atoms with Crippen molar-refractivity contribution in [2.75, 3.05) is 24.2 Å². The van der Waals surface area contributed by atoms with Crippen molar-refractivity contribution in [1.82, 2.24) is 9.97 Å². The molecule has 1 rings (SSSR count). The van der Waals surface area contributed by atoms with E-state index in [-0.39, 0.29) is 5.82 Å². The molecule has 1 aromatic rings. The zero-order chi connectivity index (χ0) is 11.5. The molecule has 0 unspecified atom stereocenters. The second kappa shape index (κ2) is 4.33. The van der Waals surface area contributed by atoms with Gasteiger partial charge in [-0.1, -0.05) is 0 Å². The molecule has 0 aliphatic rings. The molecule has 0 saturated carbocycles. The van der Waals surface area contributed by atoms with Gasteiger partial charge < -0.3 is 10.6 Å². The average Bonchev–Trinajstić information content (AvgIpc) is 2.13. The van der Waals surface area contributed by atoms with Crippen LogP contribution in [-0.2, 0) is 0 Å². The number of anilines is 2. The van der Waals surface area contributed by atoms with Crippen LogP contribution in [0.1, 0.15) is 5.69 Å². The van der Waals surface area contributed by atoms with Gasteiger partial charge in [0.1, 0.15) is 12.4 Å². The molecule has 0 spiro atoms. The van der Waals surface area contributed by atoms with E-state index in [0.29, 0.717) is 11.6 Å². The highest BCUT2D eigenvalue weighted by Gasteiger charge is 2.26. The van der Waals surface area contributed by atoms with Gasteiger partial charge in [-0.3, -0.25) is 0 Å². The number of halogens is 3. The lowest BCUT2D eigenvalue weighted by Crippen LogP contribution is -2.22. The molecular formula is C8H11F3N4. The lowest BCUT2D eigenvalue weighted by Gasteiger charge is -2.10. The predicted molar refractivity (Wildman–Crippen MR) is 50.9 cm³/mol. The largest absolute Gasteiger partial charge is 0.405 e. The van der Waals surface area contributed by atoms with E-state index in [1.165, 1.54) is 6.07 Å². The van der Waals surface area contributed by atoms with E-state index in [9.17, 15) is 13.2 Å². The smallest absolute Gasteiger partial charge is 0.361 e. The molecule has 0 aliphatic carbocycles. The van der Waals surface area contributed by atoms with Gasteiger partial charge >= 0.3 is 6.18 Å². The lowest BCUT2D eigenvalue weighted by atomic mass is 10.4. The predicted octanol–water partition coefficient (Wildman–Crippen LogP) is 1.80. The molecular weight excluding hydrogens is 209 g/mol. The molecule has 0 bridgehead atoms. The first-order valence-electron chi connectivity index (χ1n) is 4.25. The van der Waals surface area contributed by atoms with Crippen molar-refractivity contribution >= 4 is 11.8 Å². The van der Waals surface area contributed by atoms with Crippen molar-refractivity contribution in [2.45, 2.75) is 13.1 Å². The highest BCUT2D eigenvalue weighted by Crippen LogP contribution is 2.16. The number of nitrogens with one attached hydrogen (secondary N) is 2. The van der Waals surface area contributed by atoms with Gasteiger partial charge in [-0.15, -0.1) is 0 Å². The van der Waals surface area contributed by atoms with Gasteiger partial charge in [0.25, 0.3) is 0 Å². The SMILES string of the molecule is CNc1nc(C)cc(NCC(F)(F)F)n1. The molecule has 7 heteroatoms. The summed E-state index contributed by atoms with van der Waals surface area (Å²) < 4.78 is 35.7. The molecule has 1 aromatic heterocycles. The first-order valence-corrected chi connectivity index (χ1v) is 4.25. The summed E-state index contributed by atoms with van der Waals surface area (Å²) in [5.74, 6) is 0.448. The number of aromatic nitrogens is 2. The molecule has 0 radical (unpaired) electrons. The van der Waals surface area contributed by atoms with Gasteiger partial charge in [-0.2, -0.15) is 18.2 Å². The highest BCUT2D eigenvalue weighted by atomic mass is 19.4. The average molecular weight is 220 g/mol. The van der Waals surface area contributed by atoms with Crippen molar-refractivity contribution in [3.8, 4) is 0 Å². The van der Waals surface area contributed by atoms with Crippen molar-refractivity contribution in [2.24, 2.45) is 0 Å². The summed E-state index contributed by atoms with van der Waals surface area (Å²) in [6.07, 6.45) is -4.25. The topological polar surface area (TPSA) is 49.8 Å². The summed E-state index contributed by atoms with van der Waals surface area (Å²) in [5, 5.41) is 4.85. The first-order chi connectivity index (χ1) is 6.90. The molecule has 0 aliphatic heterocycles. The van der Waals surface area contributed by atoms with Crippen LogP contribution in [0.2, 0.25) is 0 Å². The van der Waals surface area contributed by atoms with Crippen molar-refractivity contribution in [3.63, 3.8) is 0 Å². The van der Waals surface area contributed by atoms with Crippen LogP contribution in [0.15, 0.2) is 6.07 Å². The van der Waals surface area contributed by atoms with Crippen LogP contribution in [0.3, 0.4) is 0 Å². The minimum absolute atomic E-state index is 0.157. The van der Waals surface area contributed by atoms with Gasteiger partial charge in [-0.25, -0.2) is 4.98 Å². The number of hydrogen-bond donors (Lipinski definition) is 2. The van der Waals surface area contributed by atoms with Gasteiger partial charge in [0, 0.05) is 18.8 Å². The zero-order valence-corrected chi connectivity index (χ0v) is 8.31. The van der Waals surface area contributed by atoms with Crippen molar-refractivity contribution in [3.05, 3.63) is 11.8 Å². The monoisotopic (exact) mass is 220 g/mol. The molecule has 0 saturated heterocycles. The molecule has 15 heavy (non-hydrogen) atoms. The summed E-state index contributed by atoms with van der Waals surface area (Å²) in [6.45, 7) is 0.577. The standard InChI is InChI=1S/C8H11F3N4/c1-5-3-6(13-4-8(9,10)11)15-7(12-2)14-5/h3H,4H2,1-2H3,(H2,12,13,14,15). The van der Waals surface area contributed by atoms with Crippen LogP contribution in [0.5, 0.6) is 0 Å². The Bertz CT molecular complexity index is 337. The van der Waals surface area contributed by atoms with E-state index in [2.05, 4.69) is 20.6 Å². The third-order valence-corrected chi connectivity index (χ3v) is 1.55. The maximum absolute atomic E-state index is 11.9. The lowest BCUT2D eigenvalue weighted by molar-refractivity contribution is -0.115. The number of rotatable bonds is 3. The third-order valence-electron chi connectivity index (χ3n) is 1.55. The molecule has 0 aromatic carbocycles. The second-order valence-corrected chi connectivity index (χ2v) is 2.94.